The lowest BCUT2D eigenvalue weighted by molar-refractivity contribution is -0.173. The first kappa shape index (κ1) is 14.8. The van der Waals surface area contributed by atoms with Crippen LogP contribution in [-0.4, -0.2) is 38.5 Å². The fourth-order valence-electron chi connectivity index (χ4n) is 0.791. The highest BCUT2D eigenvalue weighted by atomic mass is 19.4. The van der Waals surface area contributed by atoms with Crippen molar-refractivity contribution in [2.24, 2.45) is 0 Å². The SMILES string of the molecule is C=CCNC(=O)NCCCOCC(F)(F)F. The number of amides is 2. The van der Waals surface area contributed by atoms with Crippen molar-refractivity contribution < 1.29 is 22.7 Å². The van der Waals surface area contributed by atoms with Crippen LogP contribution in [0.4, 0.5) is 18.0 Å². The zero-order valence-corrected chi connectivity index (χ0v) is 8.77. The normalized spacial score (nSPS) is 10.9. The Kier molecular flexibility index (Phi) is 7.36. The molecule has 16 heavy (non-hydrogen) atoms. The highest BCUT2D eigenvalue weighted by Crippen LogP contribution is 2.14. The van der Waals surface area contributed by atoms with E-state index in [1.54, 1.807) is 0 Å². The molecule has 2 amide bonds. The zero-order valence-electron chi connectivity index (χ0n) is 8.77. The number of alkyl halides is 3. The molecule has 0 aliphatic rings. The van der Waals surface area contributed by atoms with E-state index in [9.17, 15) is 18.0 Å². The van der Waals surface area contributed by atoms with Crippen molar-refractivity contribution in [1.29, 1.82) is 0 Å². The molecule has 0 bridgehead atoms. The first-order valence-corrected chi connectivity index (χ1v) is 4.73. The monoisotopic (exact) mass is 240 g/mol. The summed E-state index contributed by atoms with van der Waals surface area (Å²) < 4.78 is 39.2. The van der Waals surface area contributed by atoms with E-state index in [0.29, 0.717) is 13.0 Å². The number of halogens is 3. The molecule has 0 aliphatic heterocycles. The topological polar surface area (TPSA) is 50.4 Å². The van der Waals surface area contributed by atoms with Crippen LogP contribution < -0.4 is 10.6 Å². The summed E-state index contributed by atoms with van der Waals surface area (Å²) in [4.78, 5) is 10.9. The number of hydrogen-bond acceptors (Lipinski definition) is 2. The maximum Gasteiger partial charge on any atom is 0.411 e. The second-order valence-corrected chi connectivity index (χ2v) is 2.95. The first-order chi connectivity index (χ1) is 7.45. The molecule has 0 aromatic heterocycles. The molecule has 0 rings (SSSR count). The van der Waals surface area contributed by atoms with Gasteiger partial charge >= 0.3 is 12.2 Å². The van der Waals surface area contributed by atoms with Crippen LogP contribution in [0.3, 0.4) is 0 Å². The molecule has 0 atom stereocenters. The van der Waals surface area contributed by atoms with Gasteiger partial charge in [-0.05, 0) is 6.42 Å². The highest BCUT2D eigenvalue weighted by Gasteiger charge is 2.27. The minimum absolute atomic E-state index is 0.0404. The number of nitrogens with one attached hydrogen (secondary N) is 2. The Morgan fingerprint density at radius 1 is 1.38 bits per heavy atom. The summed E-state index contributed by atoms with van der Waals surface area (Å²) in [5.41, 5.74) is 0. The van der Waals surface area contributed by atoms with Gasteiger partial charge in [-0.1, -0.05) is 6.08 Å². The van der Waals surface area contributed by atoms with E-state index in [-0.39, 0.29) is 19.2 Å². The lowest BCUT2D eigenvalue weighted by Gasteiger charge is -2.08. The van der Waals surface area contributed by atoms with Gasteiger partial charge in [-0.25, -0.2) is 4.79 Å². The van der Waals surface area contributed by atoms with Gasteiger partial charge in [0.1, 0.15) is 6.61 Å². The smallest absolute Gasteiger partial charge is 0.372 e. The summed E-state index contributed by atoms with van der Waals surface area (Å²) in [6, 6.07) is -0.379. The third-order valence-electron chi connectivity index (χ3n) is 1.42. The number of carbonyl (C=O) groups is 1. The number of ether oxygens (including phenoxy) is 1. The van der Waals surface area contributed by atoms with Crippen molar-refractivity contribution in [3.8, 4) is 0 Å². The number of urea groups is 1. The molecule has 7 heteroatoms. The lowest BCUT2D eigenvalue weighted by atomic mass is 10.4. The molecule has 0 aliphatic carbocycles. The predicted octanol–water partition coefficient (Wildman–Crippen LogP) is 1.44. The summed E-state index contributed by atoms with van der Waals surface area (Å²) >= 11 is 0. The minimum Gasteiger partial charge on any atom is -0.372 e. The highest BCUT2D eigenvalue weighted by molar-refractivity contribution is 5.73. The molecule has 0 fully saturated rings. The Morgan fingerprint density at radius 3 is 2.62 bits per heavy atom. The molecular weight excluding hydrogens is 225 g/mol. The van der Waals surface area contributed by atoms with Gasteiger partial charge in [-0.15, -0.1) is 6.58 Å². The van der Waals surface area contributed by atoms with Crippen molar-refractivity contribution >= 4 is 6.03 Å². The van der Waals surface area contributed by atoms with Crippen molar-refractivity contribution in [2.45, 2.75) is 12.6 Å². The van der Waals surface area contributed by atoms with Crippen LogP contribution in [0.1, 0.15) is 6.42 Å². The van der Waals surface area contributed by atoms with Gasteiger partial charge in [0, 0.05) is 19.7 Å². The Hall–Kier alpha value is -1.24. The van der Waals surface area contributed by atoms with Crippen molar-refractivity contribution in [2.75, 3.05) is 26.3 Å². The fourth-order valence-corrected chi connectivity index (χ4v) is 0.791. The van der Waals surface area contributed by atoms with E-state index in [1.165, 1.54) is 6.08 Å². The molecule has 0 radical (unpaired) electrons. The summed E-state index contributed by atoms with van der Waals surface area (Å²) in [6.07, 6.45) is -2.45. The minimum atomic E-state index is -4.30. The molecule has 2 N–H and O–H groups in total. The van der Waals surface area contributed by atoms with Crippen LogP contribution in [0.5, 0.6) is 0 Å². The molecule has 0 unspecified atom stereocenters. The summed E-state index contributed by atoms with van der Waals surface area (Å²) in [6.45, 7) is 2.72. The van der Waals surface area contributed by atoms with Crippen LogP contribution in [0.25, 0.3) is 0 Å². The first-order valence-electron chi connectivity index (χ1n) is 4.73. The van der Waals surface area contributed by atoms with Crippen molar-refractivity contribution in [1.82, 2.24) is 10.6 Å². The maximum absolute atomic E-state index is 11.6. The van der Waals surface area contributed by atoms with E-state index >= 15 is 0 Å². The number of hydrogen-bond donors (Lipinski definition) is 2. The molecule has 0 saturated heterocycles. The number of rotatable bonds is 7. The molecule has 0 saturated carbocycles. The van der Waals surface area contributed by atoms with Gasteiger partial charge < -0.3 is 15.4 Å². The predicted molar refractivity (Wildman–Crippen MR) is 53.1 cm³/mol. The lowest BCUT2D eigenvalue weighted by Crippen LogP contribution is -2.36. The van der Waals surface area contributed by atoms with Crippen LogP contribution in [0, 0.1) is 0 Å². The molecule has 0 aromatic rings. The standard InChI is InChI=1S/C9H15F3N2O2/c1-2-4-13-8(15)14-5-3-6-16-7-9(10,11)12/h2H,1,3-7H2,(H2,13,14,15). The van der Waals surface area contributed by atoms with Crippen LogP contribution in [0.2, 0.25) is 0 Å². The van der Waals surface area contributed by atoms with Crippen LogP contribution in [-0.2, 0) is 4.74 Å². The largest absolute Gasteiger partial charge is 0.411 e. The average Bonchev–Trinajstić information content (AvgIpc) is 2.18. The molecule has 94 valence electrons. The van der Waals surface area contributed by atoms with Gasteiger partial charge in [0.25, 0.3) is 0 Å². The van der Waals surface area contributed by atoms with E-state index in [2.05, 4.69) is 21.9 Å². The summed E-state index contributed by atoms with van der Waals surface area (Å²) in [5.74, 6) is 0. The van der Waals surface area contributed by atoms with E-state index in [4.69, 9.17) is 0 Å². The summed E-state index contributed by atoms with van der Waals surface area (Å²) in [7, 11) is 0. The van der Waals surface area contributed by atoms with Gasteiger partial charge in [0.05, 0.1) is 0 Å². The molecule has 0 spiro atoms. The Balaban J connectivity index is 3.27. The number of carbonyl (C=O) groups excluding carboxylic acids is 1. The van der Waals surface area contributed by atoms with E-state index in [0.717, 1.165) is 0 Å². The third-order valence-corrected chi connectivity index (χ3v) is 1.42. The van der Waals surface area contributed by atoms with E-state index in [1.807, 2.05) is 0 Å². The van der Waals surface area contributed by atoms with Crippen molar-refractivity contribution in [3.63, 3.8) is 0 Å². The van der Waals surface area contributed by atoms with Crippen molar-refractivity contribution in [3.05, 3.63) is 12.7 Å². The Bertz CT molecular complexity index is 219. The second kappa shape index (κ2) is 7.98. The quantitative estimate of drug-likeness (QED) is 0.522. The molecule has 0 aromatic carbocycles. The van der Waals surface area contributed by atoms with Gasteiger partial charge in [-0.2, -0.15) is 13.2 Å². The second-order valence-electron chi connectivity index (χ2n) is 2.95. The zero-order chi connectivity index (χ0) is 12.4. The maximum atomic E-state index is 11.6. The van der Waals surface area contributed by atoms with Gasteiger partial charge in [0.15, 0.2) is 0 Å². The summed E-state index contributed by atoms with van der Waals surface area (Å²) in [5, 5.41) is 4.91. The Morgan fingerprint density at radius 2 is 2.06 bits per heavy atom. The van der Waals surface area contributed by atoms with Gasteiger partial charge in [-0.3, -0.25) is 0 Å². The van der Waals surface area contributed by atoms with Gasteiger partial charge in [0.2, 0.25) is 0 Å². The molecule has 4 nitrogen and oxygen atoms in total. The third kappa shape index (κ3) is 10.8. The average molecular weight is 240 g/mol. The molecule has 0 heterocycles. The Labute approximate surface area is 91.8 Å². The fraction of sp³-hybridized carbons (Fsp3) is 0.667. The van der Waals surface area contributed by atoms with Crippen LogP contribution >= 0.6 is 0 Å². The molecular formula is C9H15F3N2O2. The van der Waals surface area contributed by atoms with E-state index < -0.39 is 12.8 Å². The van der Waals surface area contributed by atoms with Crippen LogP contribution in [0.15, 0.2) is 12.7 Å².